The monoisotopic (exact) mass is 322 g/mol. The molecular formula is C18H30O3Si. The molecule has 1 aromatic rings. The van der Waals surface area contributed by atoms with Gasteiger partial charge in [-0.2, -0.15) is 0 Å². The number of rotatable bonds is 8. The fourth-order valence-electron chi connectivity index (χ4n) is 2.05. The first-order chi connectivity index (χ1) is 10.2. The lowest BCUT2D eigenvalue weighted by molar-refractivity contribution is 0.200. The highest BCUT2D eigenvalue weighted by Gasteiger charge is 2.37. The van der Waals surface area contributed by atoms with Gasteiger partial charge in [-0.25, -0.2) is 0 Å². The normalized spacial score (nSPS) is 14.3. The lowest BCUT2D eigenvalue weighted by Crippen LogP contribution is -2.39. The largest absolute Gasteiger partial charge is 0.490 e. The number of benzene rings is 1. The van der Waals surface area contributed by atoms with Crippen molar-refractivity contribution in [2.45, 2.75) is 57.8 Å². The van der Waals surface area contributed by atoms with Gasteiger partial charge in [0.2, 0.25) is 0 Å². The van der Waals surface area contributed by atoms with Crippen molar-refractivity contribution in [3.63, 3.8) is 0 Å². The van der Waals surface area contributed by atoms with Crippen LogP contribution in [0.15, 0.2) is 30.3 Å². The van der Waals surface area contributed by atoms with E-state index < -0.39 is 8.32 Å². The summed E-state index contributed by atoms with van der Waals surface area (Å²) in [4.78, 5) is 10.4. The molecule has 0 aliphatic rings. The predicted octanol–water partition coefficient (Wildman–Crippen LogP) is 4.22. The summed E-state index contributed by atoms with van der Waals surface area (Å²) < 4.78 is 6.05. The summed E-state index contributed by atoms with van der Waals surface area (Å²) >= 11 is 0. The van der Waals surface area contributed by atoms with E-state index in [1.807, 2.05) is 43.4 Å². The molecule has 4 heteroatoms. The highest BCUT2D eigenvalue weighted by atomic mass is 28.4. The van der Waals surface area contributed by atoms with Crippen LogP contribution in [0, 0.1) is 0 Å². The Kier molecular flexibility index (Phi) is 6.85. The van der Waals surface area contributed by atoms with Crippen molar-refractivity contribution >= 4 is 14.4 Å². The summed E-state index contributed by atoms with van der Waals surface area (Å²) in [7, 11) is -2.17. The number of aliphatic hydroxyl groups is 1. The number of ether oxygens (including phenoxy) is 1. The van der Waals surface area contributed by atoms with Gasteiger partial charge in [-0.15, -0.1) is 0 Å². The number of hydrogen-bond donors (Lipinski definition) is 2. The van der Waals surface area contributed by atoms with Crippen LogP contribution >= 0.6 is 0 Å². The Morgan fingerprint density at radius 2 is 1.91 bits per heavy atom. The smallest absolute Gasteiger partial charge is 0.188 e. The molecule has 1 aromatic carbocycles. The Labute approximate surface area is 135 Å². The summed E-state index contributed by atoms with van der Waals surface area (Å²) in [6.07, 6.45) is 5.51. The first kappa shape index (κ1) is 18.9. The van der Waals surface area contributed by atoms with E-state index in [1.165, 1.54) is 0 Å². The number of hydrogen-bond acceptors (Lipinski definition) is 3. The van der Waals surface area contributed by atoms with Crippen LogP contribution in [0.2, 0.25) is 18.1 Å². The Morgan fingerprint density at radius 3 is 2.50 bits per heavy atom. The molecular weight excluding hydrogens is 292 g/mol. The molecule has 22 heavy (non-hydrogen) atoms. The van der Waals surface area contributed by atoms with E-state index in [1.54, 1.807) is 6.08 Å². The fourth-order valence-corrected chi connectivity index (χ4v) is 2.81. The van der Waals surface area contributed by atoms with Gasteiger partial charge < -0.3 is 14.6 Å². The summed E-state index contributed by atoms with van der Waals surface area (Å²) in [6, 6.07) is 7.83. The van der Waals surface area contributed by atoms with Gasteiger partial charge in [-0.05, 0) is 44.0 Å². The average molecular weight is 323 g/mol. The van der Waals surface area contributed by atoms with E-state index in [4.69, 9.17) is 9.84 Å². The van der Waals surface area contributed by atoms with E-state index in [0.717, 1.165) is 24.2 Å². The van der Waals surface area contributed by atoms with Crippen molar-refractivity contribution in [2.24, 2.45) is 0 Å². The molecule has 0 radical (unpaired) electrons. The van der Waals surface area contributed by atoms with Crippen molar-refractivity contribution in [3.05, 3.63) is 35.9 Å². The van der Waals surface area contributed by atoms with E-state index in [-0.39, 0.29) is 17.7 Å². The molecule has 0 aliphatic carbocycles. The Hall–Kier alpha value is -1.10. The third-order valence-electron chi connectivity index (χ3n) is 4.48. The van der Waals surface area contributed by atoms with Crippen LogP contribution in [-0.2, 0) is 0 Å². The SMILES string of the molecule is C[C@@H](CCC(C)(C)[Si](C)(C)O)Oc1ccccc1/C=C/CO. The molecule has 3 nitrogen and oxygen atoms in total. The van der Waals surface area contributed by atoms with Gasteiger partial charge in [0.25, 0.3) is 0 Å². The van der Waals surface area contributed by atoms with Gasteiger partial charge >= 0.3 is 0 Å². The topological polar surface area (TPSA) is 49.7 Å². The molecule has 124 valence electrons. The third kappa shape index (κ3) is 5.59. The van der Waals surface area contributed by atoms with Crippen molar-refractivity contribution in [3.8, 4) is 5.75 Å². The van der Waals surface area contributed by atoms with Crippen LogP contribution in [0.25, 0.3) is 6.08 Å². The second kappa shape index (κ2) is 7.95. The zero-order valence-electron chi connectivity index (χ0n) is 14.5. The standard InChI is InChI=1S/C18H30O3Si/c1-15(12-13-18(2,3)22(4,5)20)21-17-11-7-6-9-16(17)10-8-14-19/h6-11,15,19-20H,12-14H2,1-5H3/b10-8+/t15-/m0/s1. The van der Waals surface area contributed by atoms with Crippen LogP contribution in [0.4, 0.5) is 0 Å². The van der Waals surface area contributed by atoms with E-state index in [2.05, 4.69) is 20.8 Å². The molecule has 2 N–H and O–H groups in total. The minimum absolute atomic E-state index is 0.0221. The Bertz CT molecular complexity index is 489. The van der Waals surface area contributed by atoms with Gasteiger partial charge in [0, 0.05) is 5.56 Å². The molecule has 0 aromatic heterocycles. The maximum absolute atomic E-state index is 10.4. The second-order valence-electron chi connectivity index (χ2n) is 7.03. The average Bonchev–Trinajstić information content (AvgIpc) is 2.43. The molecule has 0 heterocycles. The van der Waals surface area contributed by atoms with Crippen molar-refractivity contribution < 1.29 is 14.6 Å². The van der Waals surface area contributed by atoms with Crippen LogP contribution < -0.4 is 4.74 Å². The van der Waals surface area contributed by atoms with Gasteiger partial charge in [-0.1, -0.05) is 44.2 Å². The van der Waals surface area contributed by atoms with Gasteiger partial charge in [0.05, 0.1) is 12.7 Å². The maximum atomic E-state index is 10.4. The second-order valence-corrected chi connectivity index (χ2v) is 11.5. The molecule has 0 unspecified atom stereocenters. The van der Waals surface area contributed by atoms with Gasteiger partial charge in [0.1, 0.15) is 5.75 Å². The molecule has 0 spiro atoms. The Morgan fingerprint density at radius 1 is 1.27 bits per heavy atom. The quantitative estimate of drug-likeness (QED) is 0.705. The molecule has 0 fully saturated rings. The zero-order chi connectivity index (χ0) is 16.8. The lowest BCUT2D eigenvalue weighted by atomic mass is 10.0. The van der Waals surface area contributed by atoms with E-state index in [9.17, 15) is 4.80 Å². The fraction of sp³-hybridized carbons (Fsp3) is 0.556. The summed E-state index contributed by atoms with van der Waals surface area (Å²) in [6.45, 7) is 10.4. The predicted molar refractivity (Wildman–Crippen MR) is 95.6 cm³/mol. The summed E-state index contributed by atoms with van der Waals surface area (Å²) in [5.74, 6) is 0.831. The van der Waals surface area contributed by atoms with Crippen LogP contribution in [-0.4, -0.2) is 30.9 Å². The van der Waals surface area contributed by atoms with Gasteiger partial charge in [0.15, 0.2) is 8.32 Å². The zero-order valence-corrected chi connectivity index (χ0v) is 15.5. The van der Waals surface area contributed by atoms with Gasteiger partial charge in [-0.3, -0.25) is 0 Å². The third-order valence-corrected chi connectivity index (χ3v) is 8.04. The molecule has 0 saturated carbocycles. The highest BCUT2D eigenvalue weighted by molar-refractivity contribution is 6.72. The van der Waals surface area contributed by atoms with E-state index >= 15 is 0 Å². The van der Waals surface area contributed by atoms with Crippen molar-refractivity contribution in [1.82, 2.24) is 0 Å². The maximum Gasteiger partial charge on any atom is 0.188 e. The summed E-state index contributed by atoms with van der Waals surface area (Å²) in [5.41, 5.74) is 0.972. The molecule has 0 bridgehead atoms. The Balaban J connectivity index is 2.66. The number of para-hydroxylation sites is 1. The molecule has 1 atom stereocenters. The van der Waals surface area contributed by atoms with E-state index in [0.29, 0.717) is 0 Å². The van der Waals surface area contributed by atoms with Crippen LogP contribution in [0.1, 0.15) is 39.2 Å². The minimum atomic E-state index is -2.17. The summed E-state index contributed by atoms with van der Waals surface area (Å²) in [5, 5.41) is 8.88. The molecule has 0 saturated heterocycles. The lowest BCUT2D eigenvalue weighted by Gasteiger charge is -2.35. The molecule has 0 amide bonds. The van der Waals surface area contributed by atoms with Crippen molar-refractivity contribution in [2.75, 3.05) is 6.61 Å². The van der Waals surface area contributed by atoms with Crippen LogP contribution in [0.3, 0.4) is 0 Å². The minimum Gasteiger partial charge on any atom is -0.490 e. The first-order valence-corrected chi connectivity index (χ1v) is 10.9. The van der Waals surface area contributed by atoms with Crippen LogP contribution in [0.5, 0.6) is 5.75 Å². The first-order valence-electron chi connectivity index (χ1n) is 7.93. The number of aliphatic hydroxyl groups excluding tert-OH is 1. The molecule has 1 rings (SSSR count). The molecule has 0 aliphatic heterocycles. The highest BCUT2D eigenvalue weighted by Crippen LogP contribution is 2.40. The van der Waals surface area contributed by atoms with Crippen molar-refractivity contribution in [1.29, 1.82) is 0 Å².